The fourth-order valence-corrected chi connectivity index (χ4v) is 4.08. The second-order valence-electron chi connectivity index (χ2n) is 5.79. The SMILES string of the molecule is COc1cc2ccccc2c(-c2c(C)c(NSI)cc(C)c2O)c1O. The minimum atomic E-state index is 0.0262. The van der Waals surface area contributed by atoms with Crippen LogP contribution in [0.2, 0.25) is 0 Å². The van der Waals surface area contributed by atoms with Crippen molar-refractivity contribution in [3.63, 3.8) is 0 Å². The Morgan fingerprint density at radius 3 is 2.44 bits per heavy atom. The quantitative estimate of drug-likeness (QED) is 0.251. The molecular weight excluding hydrogens is 449 g/mol. The first kappa shape index (κ1) is 18.0. The van der Waals surface area contributed by atoms with Gasteiger partial charge in [0, 0.05) is 47.1 Å². The van der Waals surface area contributed by atoms with Gasteiger partial charge < -0.3 is 19.7 Å². The van der Waals surface area contributed by atoms with E-state index in [1.54, 1.807) is 6.07 Å². The molecule has 0 heterocycles. The van der Waals surface area contributed by atoms with Crippen molar-refractivity contribution in [2.75, 3.05) is 11.8 Å². The first-order valence-corrected chi connectivity index (χ1v) is 11.0. The van der Waals surface area contributed by atoms with E-state index in [1.165, 1.54) is 16.2 Å². The zero-order chi connectivity index (χ0) is 18.1. The van der Waals surface area contributed by atoms with Crippen LogP contribution in [0.5, 0.6) is 17.2 Å². The third kappa shape index (κ3) is 3.08. The van der Waals surface area contributed by atoms with Crippen molar-refractivity contribution in [2.45, 2.75) is 13.8 Å². The molecule has 0 fully saturated rings. The van der Waals surface area contributed by atoms with Crippen LogP contribution in [0.15, 0.2) is 36.4 Å². The molecule has 0 unspecified atom stereocenters. The molecule has 0 bridgehead atoms. The van der Waals surface area contributed by atoms with Gasteiger partial charge in [-0.1, -0.05) is 24.3 Å². The molecule has 0 atom stereocenters. The lowest BCUT2D eigenvalue weighted by atomic mass is 9.90. The molecular formula is C19H18INO3S. The maximum Gasteiger partial charge on any atom is 0.166 e. The lowest BCUT2D eigenvalue weighted by Crippen LogP contribution is -1.96. The Morgan fingerprint density at radius 1 is 1.04 bits per heavy atom. The summed E-state index contributed by atoms with van der Waals surface area (Å²) in [5, 5.41) is 23.4. The number of benzene rings is 3. The first-order chi connectivity index (χ1) is 12.0. The number of hydrogen-bond acceptors (Lipinski definition) is 5. The number of anilines is 1. The molecule has 3 aromatic carbocycles. The Hall–Kier alpha value is -1.80. The van der Waals surface area contributed by atoms with E-state index >= 15 is 0 Å². The maximum atomic E-state index is 10.8. The summed E-state index contributed by atoms with van der Waals surface area (Å²) in [5.41, 5.74) is 3.69. The van der Waals surface area contributed by atoms with Gasteiger partial charge in [0.25, 0.3) is 0 Å². The standard InChI is InChI=1S/C19H18INO3S/c1-10-8-14(21-25-20)11(2)16(18(10)22)17-13-7-5-4-6-12(13)9-15(24-3)19(17)23/h4-9,21-23H,1-3H3. The molecule has 6 heteroatoms. The molecule has 0 aromatic heterocycles. The highest BCUT2D eigenvalue weighted by atomic mass is 127. The lowest BCUT2D eigenvalue weighted by molar-refractivity contribution is 0.375. The summed E-state index contributed by atoms with van der Waals surface area (Å²) in [6.07, 6.45) is 0. The molecule has 0 aliphatic carbocycles. The Morgan fingerprint density at radius 2 is 1.76 bits per heavy atom. The highest BCUT2D eigenvalue weighted by Gasteiger charge is 2.22. The van der Waals surface area contributed by atoms with Crippen LogP contribution < -0.4 is 9.46 Å². The Kier molecular flexibility index (Phi) is 5.19. The number of methoxy groups -OCH3 is 1. The molecule has 0 aliphatic heterocycles. The van der Waals surface area contributed by atoms with Crippen LogP contribution in [-0.2, 0) is 0 Å². The molecule has 4 nitrogen and oxygen atoms in total. The molecule has 25 heavy (non-hydrogen) atoms. The van der Waals surface area contributed by atoms with Crippen LogP contribution in [0.3, 0.4) is 0 Å². The van der Waals surface area contributed by atoms with Gasteiger partial charge in [-0.3, -0.25) is 0 Å². The number of nitrogens with one attached hydrogen (secondary N) is 1. The van der Waals surface area contributed by atoms with Gasteiger partial charge in [0.1, 0.15) is 5.75 Å². The van der Waals surface area contributed by atoms with Gasteiger partial charge in [-0.05, 0) is 47.9 Å². The highest BCUT2D eigenvalue weighted by Crippen LogP contribution is 2.49. The number of halogens is 1. The third-order valence-corrected chi connectivity index (χ3v) is 5.31. The van der Waals surface area contributed by atoms with E-state index in [2.05, 4.69) is 25.9 Å². The Balaban J connectivity index is 2.46. The number of phenolic OH excluding ortho intramolecular Hbond substituents is 2. The van der Waals surface area contributed by atoms with Crippen LogP contribution in [0.25, 0.3) is 21.9 Å². The number of aryl methyl sites for hydroxylation is 1. The number of fused-ring (bicyclic) bond motifs is 1. The molecule has 0 saturated carbocycles. The summed E-state index contributed by atoms with van der Waals surface area (Å²) in [4.78, 5) is 0. The number of rotatable bonds is 4. The summed E-state index contributed by atoms with van der Waals surface area (Å²) < 4.78 is 8.58. The molecule has 0 aliphatic rings. The van der Waals surface area contributed by atoms with E-state index in [0.29, 0.717) is 16.9 Å². The minimum absolute atomic E-state index is 0.0262. The van der Waals surface area contributed by atoms with Crippen molar-refractivity contribution in [1.82, 2.24) is 0 Å². The number of hydrogen-bond donors (Lipinski definition) is 3. The fraction of sp³-hybridized carbons (Fsp3) is 0.158. The highest BCUT2D eigenvalue weighted by molar-refractivity contribution is 14.2. The summed E-state index contributed by atoms with van der Waals surface area (Å²) in [6, 6.07) is 11.5. The monoisotopic (exact) mass is 467 g/mol. The molecule has 130 valence electrons. The smallest absolute Gasteiger partial charge is 0.166 e. The average Bonchev–Trinajstić information content (AvgIpc) is 2.61. The predicted molar refractivity (Wildman–Crippen MR) is 114 cm³/mol. The minimum Gasteiger partial charge on any atom is -0.507 e. The van der Waals surface area contributed by atoms with Crippen molar-refractivity contribution in [2.24, 2.45) is 0 Å². The molecule has 0 spiro atoms. The average molecular weight is 467 g/mol. The van der Waals surface area contributed by atoms with Gasteiger partial charge in [-0.2, -0.15) is 0 Å². The van der Waals surface area contributed by atoms with Gasteiger partial charge in [-0.15, -0.1) is 0 Å². The Labute approximate surface area is 162 Å². The molecule has 0 saturated heterocycles. The van der Waals surface area contributed by atoms with Crippen molar-refractivity contribution in [3.05, 3.63) is 47.5 Å². The van der Waals surface area contributed by atoms with E-state index in [4.69, 9.17) is 4.74 Å². The largest absolute Gasteiger partial charge is 0.507 e. The third-order valence-electron chi connectivity index (χ3n) is 4.36. The van der Waals surface area contributed by atoms with Crippen molar-refractivity contribution in [1.29, 1.82) is 0 Å². The molecule has 0 amide bonds. The van der Waals surface area contributed by atoms with E-state index in [1.807, 2.05) is 44.2 Å². The summed E-state index contributed by atoms with van der Waals surface area (Å²) in [5.74, 6) is 0.570. The topological polar surface area (TPSA) is 61.7 Å². The Bertz CT molecular complexity index is 959. The van der Waals surface area contributed by atoms with E-state index in [-0.39, 0.29) is 11.5 Å². The van der Waals surface area contributed by atoms with E-state index in [9.17, 15) is 10.2 Å². The van der Waals surface area contributed by atoms with Crippen LogP contribution in [0.1, 0.15) is 11.1 Å². The number of ether oxygens (including phenoxy) is 1. The van der Waals surface area contributed by atoms with Crippen LogP contribution in [0.4, 0.5) is 5.69 Å². The molecule has 3 N–H and O–H groups in total. The van der Waals surface area contributed by atoms with Gasteiger partial charge >= 0.3 is 0 Å². The van der Waals surface area contributed by atoms with E-state index in [0.717, 1.165) is 27.6 Å². The first-order valence-electron chi connectivity index (χ1n) is 7.65. The zero-order valence-electron chi connectivity index (χ0n) is 14.1. The fourth-order valence-electron chi connectivity index (χ4n) is 3.08. The molecule has 0 radical (unpaired) electrons. The van der Waals surface area contributed by atoms with Crippen molar-refractivity contribution < 1.29 is 14.9 Å². The van der Waals surface area contributed by atoms with E-state index < -0.39 is 0 Å². The van der Waals surface area contributed by atoms with Gasteiger partial charge in [0.15, 0.2) is 11.5 Å². The second-order valence-corrected chi connectivity index (χ2v) is 7.47. The summed E-state index contributed by atoms with van der Waals surface area (Å²) >= 11 is 2.16. The summed E-state index contributed by atoms with van der Waals surface area (Å²) in [7, 11) is 2.98. The molecule has 3 aromatic rings. The summed E-state index contributed by atoms with van der Waals surface area (Å²) in [6.45, 7) is 3.78. The zero-order valence-corrected chi connectivity index (χ0v) is 17.0. The number of aromatic hydroxyl groups is 2. The second kappa shape index (κ2) is 7.21. The number of phenols is 2. The van der Waals surface area contributed by atoms with Crippen molar-refractivity contribution in [3.8, 4) is 28.4 Å². The normalized spacial score (nSPS) is 10.9. The lowest BCUT2D eigenvalue weighted by Gasteiger charge is -2.19. The van der Waals surface area contributed by atoms with Crippen LogP contribution >= 0.6 is 30.3 Å². The van der Waals surface area contributed by atoms with Gasteiger partial charge in [0.2, 0.25) is 0 Å². The van der Waals surface area contributed by atoms with Gasteiger partial charge in [-0.25, -0.2) is 0 Å². The predicted octanol–water partition coefficient (Wildman–Crippen LogP) is 5.95. The molecule has 3 rings (SSSR count). The van der Waals surface area contributed by atoms with Crippen LogP contribution in [-0.4, -0.2) is 17.3 Å². The van der Waals surface area contributed by atoms with Gasteiger partial charge in [0.05, 0.1) is 7.11 Å². The maximum absolute atomic E-state index is 10.8. The van der Waals surface area contributed by atoms with Crippen molar-refractivity contribution >= 4 is 46.8 Å². The van der Waals surface area contributed by atoms with Crippen LogP contribution in [0, 0.1) is 13.8 Å².